The van der Waals surface area contributed by atoms with E-state index in [0.717, 1.165) is 11.8 Å². The summed E-state index contributed by atoms with van der Waals surface area (Å²) in [7, 11) is 1.27. The molecule has 6 nitrogen and oxygen atoms in total. The third kappa shape index (κ3) is 3.36. The maximum absolute atomic E-state index is 12.7. The highest BCUT2D eigenvalue weighted by Gasteiger charge is 2.35. The zero-order chi connectivity index (χ0) is 16.9. The normalized spacial score (nSPS) is 17.5. The van der Waals surface area contributed by atoms with Gasteiger partial charge in [0.05, 0.1) is 17.7 Å². The number of methoxy groups -OCH3 is 1. The van der Waals surface area contributed by atoms with Crippen molar-refractivity contribution < 1.29 is 14.3 Å². The lowest BCUT2D eigenvalue weighted by atomic mass is 10.3. The number of carbonyl (C=O) groups excluding carboxylic acids is 2. The molecule has 1 aliphatic rings. The van der Waals surface area contributed by atoms with Gasteiger partial charge in [-0.1, -0.05) is 24.3 Å². The fourth-order valence-corrected chi connectivity index (χ4v) is 2.99. The van der Waals surface area contributed by atoms with E-state index in [9.17, 15) is 9.59 Å². The summed E-state index contributed by atoms with van der Waals surface area (Å²) in [6.07, 6.45) is 2.79. The SMILES string of the molecule is COC(=O)/C=C1\SC(=Nc2ccccn2)N(c2ccccc2)C1=O. The summed E-state index contributed by atoms with van der Waals surface area (Å²) in [6.45, 7) is 0. The molecule has 7 heteroatoms. The molecule has 0 saturated carbocycles. The van der Waals surface area contributed by atoms with E-state index in [1.165, 1.54) is 18.1 Å². The number of esters is 1. The molecule has 0 bridgehead atoms. The molecule has 0 spiro atoms. The first-order chi connectivity index (χ1) is 11.7. The third-order valence-corrected chi connectivity index (χ3v) is 4.10. The molecule has 1 aromatic carbocycles. The topological polar surface area (TPSA) is 71.9 Å². The molecule has 1 aliphatic heterocycles. The van der Waals surface area contributed by atoms with E-state index < -0.39 is 5.97 Å². The minimum absolute atomic E-state index is 0.250. The van der Waals surface area contributed by atoms with Crippen LogP contribution >= 0.6 is 11.8 Å². The van der Waals surface area contributed by atoms with E-state index in [-0.39, 0.29) is 10.8 Å². The van der Waals surface area contributed by atoms with E-state index >= 15 is 0 Å². The van der Waals surface area contributed by atoms with Crippen LogP contribution in [0.25, 0.3) is 0 Å². The standard InChI is InChI=1S/C17H13N3O3S/c1-23-15(21)11-13-16(22)20(12-7-3-2-4-8-12)17(24-13)19-14-9-5-6-10-18-14/h2-11H,1H3/b13-11-,19-17?. The van der Waals surface area contributed by atoms with Gasteiger partial charge >= 0.3 is 5.97 Å². The zero-order valence-corrected chi connectivity index (χ0v) is 13.6. The number of hydrogen-bond donors (Lipinski definition) is 0. The van der Waals surface area contributed by atoms with Crippen LogP contribution in [0.1, 0.15) is 0 Å². The fraction of sp³-hybridized carbons (Fsp3) is 0.0588. The largest absolute Gasteiger partial charge is 0.466 e. The van der Waals surface area contributed by atoms with Crippen molar-refractivity contribution >= 4 is 40.3 Å². The Balaban J connectivity index is 2.04. The Bertz CT molecular complexity index is 819. The average Bonchev–Trinajstić information content (AvgIpc) is 2.91. The second kappa shape index (κ2) is 7.10. The van der Waals surface area contributed by atoms with Crippen LogP contribution in [0, 0.1) is 0 Å². The van der Waals surface area contributed by atoms with Crippen LogP contribution in [0.15, 0.2) is 70.7 Å². The summed E-state index contributed by atoms with van der Waals surface area (Å²) in [5, 5.41) is 0.431. The molecule has 2 aromatic rings. The number of rotatable bonds is 3. The second-order valence-electron chi connectivity index (χ2n) is 4.69. The predicted molar refractivity (Wildman–Crippen MR) is 93.0 cm³/mol. The summed E-state index contributed by atoms with van der Waals surface area (Å²) in [5.41, 5.74) is 0.665. The first kappa shape index (κ1) is 15.9. The summed E-state index contributed by atoms with van der Waals surface area (Å²) < 4.78 is 4.60. The number of benzene rings is 1. The number of nitrogens with zero attached hydrogens (tertiary/aromatic N) is 3. The van der Waals surface area contributed by atoms with Crippen molar-refractivity contribution in [3.63, 3.8) is 0 Å². The van der Waals surface area contributed by atoms with Gasteiger partial charge in [0.2, 0.25) is 0 Å². The maximum atomic E-state index is 12.7. The second-order valence-corrected chi connectivity index (χ2v) is 5.70. The number of thioether (sulfide) groups is 1. The number of ether oxygens (including phenoxy) is 1. The quantitative estimate of drug-likeness (QED) is 0.635. The lowest BCUT2D eigenvalue weighted by Gasteiger charge is -2.15. The van der Waals surface area contributed by atoms with Crippen LogP contribution < -0.4 is 4.90 Å². The third-order valence-electron chi connectivity index (χ3n) is 3.13. The van der Waals surface area contributed by atoms with Crippen LogP contribution in [-0.2, 0) is 14.3 Å². The van der Waals surface area contributed by atoms with Gasteiger partial charge in [-0.15, -0.1) is 0 Å². The summed E-state index contributed by atoms with van der Waals surface area (Å²) in [6, 6.07) is 14.4. The van der Waals surface area contributed by atoms with Gasteiger partial charge in [-0.05, 0) is 36.0 Å². The van der Waals surface area contributed by atoms with Crippen LogP contribution in [0.4, 0.5) is 11.5 Å². The Morgan fingerprint density at radius 2 is 1.96 bits per heavy atom. The Morgan fingerprint density at radius 1 is 1.21 bits per heavy atom. The average molecular weight is 339 g/mol. The highest BCUT2D eigenvalue weighted by Crippen LogP contribution is 2.35. The van der Waals surface area contributed by atoms with E-state index in [0.29, 0.717) is 16.7 Å². The summed E-state index contributed by atoms with van der Waals surface area (Å²) in [4.78, 5) is 34.5. The molecule has 24 heavy (non-hydrogen) atoms. The number of aliphatic imine (C=N–C) groups is 1. The molecule has 0 N–H and O–H groups in total. The molecular formula is C17H13N3O3S. The van der Waals surface area contributed by atoms with Crippen molar-refractivity contribution in [3.05, 3.63) is 65.7 Å². The highest BCUT2D eigenvalue weighted by atomic mass is 32.2. The van der Waals surface area contributed by atoms with Gasteiger partial charge in [-0.2, -0.15) is 0 Å². The smallest absolute Gasteiger partial charge is 0.331 e. The number of amidine groups is 1. The van der Waals surface area contributed by atoms with Crippen molar-refractivity contribution in [3.8, 4) is 0 Å². The van der Waals surface area contributed by atoms with E-state index in [4.69, 9.17) is 0 Å². The zero-order valence-electron chi connectivity index (χ0n) is 12.7. The van der Waals surface area contributed by atoms with Crippen molar-refractivity contribution in [1.29, 1.82) is 0 Å². The molecule has 3 rings (SSSR count). The molecule has 0 atom stereocenters. The minimum Gasteiger partial charge on any atom is -0.466 e. The monoisotopic (exact) mass is 339 g/mol. The van der Waals surface area contributed by atoms with Crippen LogP contribution in [0.2, 0.25) is 0 Å². The van der Waals surface area contributed by atoms with Gasteiger partial charge in [0, 0.05) is 12.3 Å². The molecule has 0 radical (unpaired) electrons. The van der Waals surface area contributed by atoms with Gasteiger partial charge < -0.3 is 4.74 Å². The van der Waals surface area contributed by atoms with Crippen molar-refractivity contribution in [2.24, 2.45) is 4.99 Å². The number of amides is 1. The fourth-order valence-electron chi connectivity index (χ4n) is 2.04. The van der Waals surface area contributed by atoms with Crippen LogP contribution in [-0.4, -0.2) is 29.1 Å². The Morgan fingerprint density at radius 3 is 2.62 bits per heavy atom. The molecule has 2 heterocycles. The molecule has 1 fully saturated rings. The van der Waals surface area contributed by atoms with Gasteiger partial charge in [0.15, 0.2) is 11.0 Å². The van der Waals surface area contributed by atoms with Crippen LogP contribution in [0.3, 0.4) is 0 Å². The number of hydrogen-bond acceptors (Lipinski definition) is 6. The van der Waals surface area contributed by atoms with Gasteiger partial charge in [-0.25, -0.2) is 14.8 Å². The van der Waals surface area contributed by atoms with Gasteiger partial charge in [-0.3, -0.25) is 9.69 Å². The van der Waals surface area contributed by atoms with Crippen molar-refractivity contribution in [2.45, 2.75) is 0 Å². The van der Waals surface area contributed by atoms with Crippen molar-refractivity contribution in [1.82, 2.24) is 4.98 Å². The number of anilines is 1. The minimum atomic E-state index is -0.585. The lowest BCUT2D eigenvalue weighted by molar-refractivity contribution is -0.135. The number of para-hydroxylation sites is 1. The van der Waals surface area contributed by atoms with Crippen molar-refractivity contribution in [2.75, 3.05) is 12.0 Å². The molecule has 1 aromatic heterocycles. The number of carbonyl (C=O) groups is 2. The summed E-state index contributed by atoms with van der Waals surface area (Å²) >= 11 is 1.11. The molecule has 120 valence electrons. The van der Waals surface area contributed by atoms with Gasteiger partial charge in [0.25, 0.3) is 5.91 Å². The van der Waals surface area contributed by atoms with E-state index in [2.05, 4.69) is 14.7 Å². The maximum Gasteiger partial charge on any atom is 0.331 e. The van der Waals surface area contributed by atoms with Crippen LogP contribution in [0.5, 0.6) is 0 Å². The number of aromatic nitrogens is 1. The molecular weight excluding hydrogens is 326 g/mol. The molecule has 1 amide bonds. The first-order valence-electron chi connectivity index (χ1n) is 7.06. The molecule has 0 unspecified atom stereocenters. The Labute approximate surface area is 142 Å². The molecule has 0 aliphatic carbocycles. The highest BCUT2D eigenvalue weighted by molar-refractivity contribution is 8.19. The summed E-state index contributed by atoms with van der Waals surface area (Å²) in [5.74, 6) is -0.433. The van der Waals surface area contributed by atoms with E-state index in [1.54, 1.807) is 30.5 Å². The number of pyridine rings is 1. The predicted octanol–water partition coefficient (Wildman–Crippen LogP) is 2.91. The Kier molecular flexibility index (Phi) is 4.72. The Hall–Kier alpha value is -2.93. The molecule has 1 saturated heterocycles. The lowest BCUT2D eigenvalue weighted by Crippen LogP contribution is -2.28. The van der Waals surface area contributed by atoms with E-state index in [1.807, 2.05) is 24.3 Å². The first-order valence-corrected chi connectivity index (χ1v) is 7.87. The van der Waals surface area contributed by atoms with Gasteiger partial charge in [0.1, 0.15) is 0 Å².